The van der Waals surface area contributed by atoms with Crippen molar-refractivity contribution in [1.82, 2.24) is 9.46 Å². The van der Waals surface area contributed by atoms with E-state index in [0.29, 0.717) is 30.2 Å². The predicted molar refractivity (Wildman–Crippen MR) is 74.0 cm³/mol. The van der Waals surface area contributed by atoms with E-state index >= 15 is 0 Å². The number of anilines is 1. The number of benzene rings is 1. The topological polar surface area (TPSA) is 89.4 Å². The standard InChI is InChI=1S/C13H15N3O3S/c1-9-4-13(15-19-9)8-20(17,18)16-6-10-2-3-12(14)5-11(10)7-16/h2-5H,6-8,14H2,1H3. The van der Waals surface area contributed by atoms with Crippen LogP contribution in [0.5, 0.6) is 0 Å². The maximum absolute atomic E-state index is 12.4. The van der Waals surface area contributed by atoms with Gasteiger partial charge < -0.3 is 10.3 Å². The Morgan fingerprint density at radius 2 is 2.05 bits per heavy atom. The minimum absolute atomic E-state index is 0.145. The first-order valence-electron chi connectivity index (χ1n) is 6.21. The molecule has 3 rings (SSSR count). The number of fused-ring (bicyclic) bond motifs is 1. The van der Waals surface area contributed by atoms with Gasteiger partial charge in [-0.1, -0.05) is 11.2 Å². The lowest BCUT2D eigenvalue weighted by molar-refractivity contribution is 0.390. The fraction of sp³-hybridized carbons (Fsp3) is 0.308. The highest BCUT2D eigenvalue weighted by atomic mass is 32.2. The van der Waals surface area contributed by atoms with Gasteiger partial charge in [0.1, 0.15) is 17.2 Å². The second kappa shape index (κ2) is 4.60. The fourth-order valence-corrected chi connectivity index (χ4v) is 3.71. The van der Waals surface area contributed by atoms with Crippen LogP contribution < -0.4 is 5.73 Å². The Hall–Kier alpha value is -1.86. The molecule has 0 fully saturated rings. The number of nitrogen functional groups attached to an aromatic ring is 1. The van der Waals surface area contributed by atoms with E-state index < -0.39 is 10.0 Å². The molecular formula is C13H15N3O3S. The summed E-state index contributed by atoms with van der Waals surface area (Å²) in [6, 6.07) is 7.13. The first-order valence-corrected chi connectivity index (χ1v) is 7.82. The normalized spacial score (nSPS) is 15.4. The van der Waals surface area contributed by atoms with Gasteiger partial charge in [0.2, 0.25) is 10.0 Å². The molecule has 1 aromatic carbocycles. The van der Waals surface area contributed by atoms with Crippen molar-refractivity contribution in [3.63, 3.8) is 0 Å². The van der Waals surface area contributed by atoms with E-state index in [2.05, 4.69) is 5.16 Å². The van der Waals surface area contributed by atoms with E-state index in [1.54, 1.807) is 19.1 Å². The maximum Gasteiger partial charge on any atom is 0.220 e. The highest BCUT2D eigenvalue weighted by Crippen LogP contribution is 2.28. The third kappa shape index (κ3) is 2.41. The first-order chi connectivity index (χ1) is 9.44. The van der Waals surface area contributed by atoms with Crippen LogP contribution in [0, 0.1) is 6.92 Å². The average Bonchev–Trinajstić information content (AvgIpc) is 2.95. The van der Waals surface area contributed by atoms with Gasteiger partial charge in [0.15, 0.2) is 0 Å². The molecule has 1 aromatic heterocycles. The number of sulfonamides is 1. The van der Waals surface area contributed by atoms with Crippen LogP contribution in [-0.4, -0.2) is 17.9 Å². The van der Waals surface area contributed by atoms with E-state index in [4.69, 9.17) is 10.3 Å². The van der Waals surface area contributed by atoms with Gasteiger partial charge in [0.05, 0.1) is 0 Å². The zero-order chi connectivity index (χ0) is 14.3. The number of aromatic nitrogens is 1. The lowest BCUT2D eigenvalue weighted by atomic mass is 10.1. The van der Waals surface area contributed by atoms with Gasteiger partial charge in [0.25, 0.3) is 0 Å². The Kier molecular flexibility index (Phi) is 3.02. The summed E-state index contributed by atoms with van der Waals surface area (Å²) in [7, 11) is -3.41. The summed E-state index contributed by atoms with van der Waals surface area (Å²) < 4.78 is 31.1. The highest BCUT2D eigenvalue weighted by molar-refractivity contribution is 7.88. The summed E-state index contributed by atoms with van der Waals surface area (Å²) in [6.45, 7) is 2.48. The molecule has 0 amide bonds. The molecule has 0 spiro atoms. The van der Waals surface area contributed by atoms with Crippen LogP contribution in [0.15, 0.2) is 28.8 Å². The maximum atomic E-state index is 12.4. The second-order valence-corrected chi connectivity index (χ2v) is 6.95. The van der Waals surface area contributed by atoms with E-state index in [1.807, 2.05) is 12.1 Å². The third-order valence-corrected chi connectivity index (χ3v) is 5.03. The molecule has 0 atom stereocenters. The van der Waals surface area contributed by atoms with Gasteiger partial charge in [-0.05, 0) is 30.2 Å². The van der Waals surface area contributed by atoms with Crippen molar-refractivity contribution in [3.05, 3.63) is 46.8 Å². The Bertz CT molecular complexity index is 752. The molecule has 2 heterocycles. The van der Waals surface area contributed by atoms with Gasteiger partial charge in [-0.15, -0.1) is 0 Å². The lowest BCUT2D eigenvalue weighted by Gasteiger charge is -2.14. The third-order valence-electron chi connectivity index (χ3n) is 3.32. The first kappa shape index (κ1) is 13.1. The molecule has 7 heteroatoms. The van der Waals surface area contributed by atoms with Crippen LogP contribution in [0.2, 0.25) is 0 Å². The summed E-state index contributed by atoms with van der Waals surface area (Å²) in [5.41, 5.74) is 8.76. The van der Waals surface area contributed by atoms with Crippen LogP contribution in [0.1, 0.15) is 22.6 Å². The summed E-state index contributed by atoms with van der Waals surface area (Å²) in [5.74, 6) is 0.459. The second-order valence-electron chi connectivity index (χ2n) is 4.98. The number of rotatable bonds is 3. The predicted octanol–water partition coefficient (Wildman–Crippen LogP) is 1.41. The van der Waals surface area contributed by atoms with Crippen LogP contribution in [0.4, 0.5) is 5.69 Å². The SMILES string of the molecule is Cc1cc(CS(=O)(=O)N2Cc3ccc(N)cc3C2)no1. The average molecular weight is 293 g/mol. The zero-order valence-electron chi connectivity index (χ0n) is 11.0. The molecule has 0 saturated carbocycles. The highest BCUT2D eigenvalue weighted by Gasteiger charge is 2.30. The van der Waals surface area contributed by atoms with Crippen molar-refractivity contribution in [2.75, 3.05) is 5.73 Å². The molecule has 0 aliphatic carbocycles. The van der Waals surface area contributed by atoms with Gasteiger partial charge in [-0.25, -0.2) is 8.42 Å². The van der Waals surface area contributed by atoms with Gasteiger partial charge in [-0.2, -0.15) is 4.31 Å². The molecule has 6 nitrogen and oxygen atoms in total. The summed E-state index contributed by atoms with van der Waals surface area (Å²) in [4.78, 5) is 0. The van der Waals surface area contributed by atoms with Crippen molar-refractivity contribution in [1.29, 1.82) is 0 Å². The summed E-state index contributed by atoms with van der Waals surface area (Å²) >= 11 is 0. The summed E-state index contributed by atoms with van der Waals surface area (Å²) in [5, 5.41) is 3.73. The van der Waals surface area contributed by atoms with Gasteiger partial charge >= 0.3 is 0 Å². The lowest BCUT2D eigenvalue weighted by Crippen LogP contribution is -2.27. The van der Waals surface area contributed by atoms with Crippen molar-refractivity contribution in [2.45, 2.75) is 25.8 Å². The number of nitrogens with two attached hydrogens (primary N) is 1. The van der Waals surface area contributed by atoms with E-state index in [1.165, 1.54) is 4.31 Å². The van der Waals surface area contributed by atoms with Gasteiger partial charge in [-0.3, -0.25) is 0 Å². The van der Waals surface area contributed by atoms with Crippen LogP contribution >= 0.6 is 0 Å². The summed E-state index contributed by atoms with van der Waals surface area (Å²) in [6.07, 6.45) is 0. The number of aryl methyl sites for hydroxylation is 1. The molecule has 0 radical (unpaired) electrons. The van der Waals surface area contributed by atoms with E-state index in [-0.39, 0.29) is 5.75 Å². The molecule has 2 aromatic rings. The molecule has 0 bridgehead atoms. The number of hydrogen-bond acceptors (Lipinski definition) is 5. The van der Waals surface area contributed by atoms with Gasteiger partial charge in [0, 0.05) is 24.8 Å². The molecule has 106 valence electrons. The minimum Gasteiger partial charge on any atom is -0.399 e. The molecule has 1 aliphatic heterocycles. The molecule has 1 aliphatic rings. The molecule has 0 saturated heterocycles. The van der Waals surface area contributed by atoms with Crippen LogP contribution in [-0.2, 0) is 28.9 Å². The van der Waals surface area contributed by atoms with E-state index in [0.717, 1.165) is 11.1 Å². The Morgan fingerprint density at radius 1 is 1.30 bits per heavy atom. The van der Waals surface area contributed by atoms with Crippen molar-refractivity contribution in [2.24, 2.45) is 0 Å². The molecule has 0 unspecified atom stereocenters. The van der Waals surface area contributed by atoms with Crippen molar-refractivity contribution in [3.8, 4) is 0 Å². The number of hydrogen-bond donors (Lipinski definition) is 1. The van der Waals surface area contributed by atoms with E-state index in [9.17, 15) is 8.42 Å². The molecule has 20 heavy (non-hydrogen) atoms. The molecular weight excluding hydrogens is 278 g/mol. The molecule has 2 N–H and O–H groups in total. The quantitative estimate of drug-likeness (QED) is 0.864. The van der Waals surface area contributed by atoms with Crippen LogP contribution in [0.3, 0.4) is 0 Å². The minimum atomic E-state index is -3.41. The van der Waals surface area contributed by atoms with Crippen molar-refractivity contribution >= 4 is 15.7 Å². The number of nitrogens with zero attached hydrogens (tertiary/aromatic N) is 2. The fourth-order valence-electron chi connectivity index (χ4n) is 2.34. The Balaban J connectivity index is 1.80. The smallest absolute Gasteiger partial charge is 0.220 e. The monoisotopic (exact) mass is 293 g/mol. The largest absolute Gasteiger partial charge is 0.399 e. The zero-order valence-corrected chi connectivity index (χ0v) is 11.9. The Labute approximate surface area is 117 Å². The van der Waals surface area contributed by atoms with Crippen LogP contribution in [0.25, 0.3) is 0 Å². The van der Waals surface area contributed by atoms with Crippen molar-refractivity contribution < 1.29 is 12.9 Å². The Morgan fingerprint density at radius 3 is 2.75 bits per heavy atom.